The summed E-state index contributed by atoms with van der Waals surface area (Å²) in [7, 11) is 1.28. The number of rotatable bonds is 3. The Balaban J connectivity index is 2.03. The molecule has 0 atom stereocenters. The first-order chi connectivity index (χ1) is 10.1. The molecule has 21 heavy (non-hydrogen) atoms. The van der Waals surface area contributed by atoms with E-state index in [1.807, 2.05) is 0 Å². The molecule has 0 spiro atoms. The number of aromatic nitrogens is 1. The van der Waals surface area contributed by atoms with Gasteiger partial charge in [-0.3, -0.25) is 10.1 Å². The number of amides is 2. The van der Waals surface area contributed by atoms with Crippen LogP contribution in [0.25, 0.3) is 0 Å². The highest BCUT2D eigenvalue weighted by atomic mass is 35.5. The molecular formula is C14H12ClN3O3. The number of benzene rings is 1. The van der Waals surface area contributed by atoms with Gasteiger partial charge in [-0.15, -0.1) is 0 Å². The number of hydrogen-bond donors (Lipinski definition) is 2. The molecule has 0 saturated carbocycles. The lowest BCUT2D eigenvalue weighted by atomic mass is 10.2. The molecular weight excluding hydrogens is 294 g/mol. The van der Waals surface area contributed by atoms with E-state index in [1.54, 1.807) is 42.5 Å². The van der Waals surface area contributed by atoms with Gasteiger partial charge in [-0.05, 0) is 36.4 Å². The SMILES string of the molecule is COC(=O)Nc1ccc(NC(=O)c2cccc(Cl)n2)cc1. The van der Waals surface area contributed by atoms with Crippen LogP contribution in [0.1, 0.15) is 10.5 Å². The fourth-order valence-electron chi connectivity index (χ4n) is 1.54. The second-order valence-electron chi connectivity index (χ2n) is 3.99. The molecule has 0 radical (unpaired) electrons. The molecule has 1 heterocycles. The summed E-state index contributed by atoms with van der Waals surface area (Å²) in [5, 5.41) is 5.43. The predicted molar refractivity (Wildman–Crippen MR) is 79.7 cm³/mol. The van der Waals surface area contributed by atoms with Gasteiger partial charge in [-0.2, -0.15) is 0 Å². The molecule has 0 bridgehead atoms. The molecule has 2 N–H and O–H groups in total. The van der Waals surface area contributed by atoms with E-state index in [9.17, 15) is 9.59 Å². The van der Waals surface area contributed by atoms with Crippen molar-refractivity contribution in [3.05, 3.63) is 53.3 Å². The van der Waals surface area contributed by atoms with E-state index < -0.39 is 6.09 Å². The Morgan fingerprint density at radius 3 is 2.24 bits per heavy atom. The van der Waals surface area contributed by atoms with Crippen molar-refractivity contribution in [2.75, 3.05) is 17.7 Å². The van der Waals surface area contributed by atoms with Crippen molar-refractivity contribution in [1.29, 1.82) is 0 Å². The topological polar surface area (TPSA) is 80.3 Å². The molecule has 0 aliphatic heterocycles. The van der Waals surface area contributed by atoms with E-state index >= 15 is 0 Å². The molecule has 108 valence electrons. The third-order valence-corrected chi connectivity index (χ3v) is 2.73. The van der Waals surface area contributed by atoms with Crippen LogP contribution in [0.2, 0.25) is 5.15 Å². The highest BCUT2D eigenvalue weighted by molar-refractivity contribution is 6.29. The maximum absolute atomic E-state index is 12.0. The van der Waals surface area contributed by atoms with Crippen molar-refractivity contribution in [2.45, 2.75) is 0 Å². The second-order valence-corrected chi connectivity index (χ2v) is 4.38. The van der Waals surface area contributed by atoms with E-state index in [0.29, 0.717) is 11.4 Å². The molecule has 1 aromatic heterocycles. The lowest BCUT2D eigenvalue weighted by Gasteiger charge is -2.07. The molecule has 0 saturated heterocycles. The zero-order valence-corrected chi connectivity index (χ0v) is 11.8. The van der Waals surface area contributed by atoms with Gasteiger partial charge >= 0.3 is 6.09 Å². The number of pyridine rings is 1. The van der Waals surface area contributed by atoms with Crippen LogP contribution in [-0.4, -0.2) is 24.1 Å². The first kappa shape index (κ1) is 14.8. The van der Waals surface area contributed by atoms with Gasteiger partial charge in [0.25, 0.3) is 5.91 Å². The summed E-state index contributed by atoms with van der Waals surface area (Å²) >= 11 is 5.73. The van der Waals surface area contributed by atoms with Crippen molar-refractivity contribution >= 4 is 35.0 Å². The number of ether oxygens (including phenoxy) is 1. The van der Waals surface area contributed by atoms with Crippen molar-refractivity contribution in [3.63, 3.8) is 0 Å². The monoisotopic (exact) mass is 305 g/mol. The van der Waals surface area contributed by atoms with E-state index in [0.717, 1.165) is 0 Å². The summed E-state index contributed by atoms with van der Waals surface area (Å²) in [6, 6.07) is 11.4. The lowest BCUT2D eigenvalue weighted by Crippen LogP contribution is -2.14. The first-order valence-corrected chi connectivity index (χ1v) is 6.35. The van der Waals surface area contributed by atoms with Gasteiger partial charge in [0.15, 0.2) is 0 Å². The minimum atomic E-state index is -0.560. The fourth-order valence-corrected chi connectivity index (χ4v) is 1.70. The van der Waals surface area contributed by atoms with Crippen molar-refractivity contribution in [2.24, 2.45) is 0 Å². The number of carbonyl (C=O) groups excluding carboxylic acids is 2. The van der Waals surface area contributed by atoms with E-state index in [-0.39, 0.29) is 16.8 Å². The van der Waals surface area contributed by atoms with Crippen LogP contribution in [0.4, 0.5) is 16.2 Å². The standard InChI is InChI=1S/C14H12ClN3O3/c1-21-14(20)17-10-7-5-9(6-8-10)16-13(19)11-3-2-4-12(15)18-11/h2-8H,1H3,(H,16,19)(H,17,20). The third kappa shape index (κ3) is 4.19. The average Bonchev–Trinajstić information content (AvgIpc) is 2.49. The zero-order valence-electron chi connectivity index (χ0n) is 11.1. The number of nitrogens with one attached hydrogen (secondary N) is 2. The van der Waals surface area contributed by atoms with Crippen LogP contribution in [0.15, 0.2) is 42.5 Å². The van der Waals surface area contributed by atoms with Gasteiger partial charge in [0.2, 0.25) is 0 Å². The van der Waals surface area contributed by atoms with Crippen LogP contribution in [-0.2, 0) is 4.74 Å². The van der Waals surface area contributed by atoms with Gasteiger partial charge in [0, 0.05) is 11.4 Å². The summed E-state index contributed by atoms with van der Waals surface area (Å²) in [6.07, 6.45) is -0.560. The minimum Gasteiger partial charge on any atom is -0.453 e. The summed E-state index contributed by atoms with van der Waals surface area (Å²) in [6.45, 7) is 0. The average molecular weight is 306 g/mol. The van der Waals surface area contributed by atoms with Crippen molar-refractivity contribution in [1.82, 2.24) is 4.98 Å². The molecule has 7 heteroatoms. The largest absolute Gasteiger partial charge is 0.453 e. The highest BCUT2D eigenvalue weighted by Gasteiger charge is 2.08. The van der Waals surface area contributed by atoms with Crippen LogP contribution in [0.5, 0.6) is 0 Å². The van der Waals surface area contributed by atoms with Gasteiger partial charge < -0.3 is 10.1 Å². The maximum Gasteiger partial charge on any atom is 0.411 e. The molecule has 0 unspecified atom stereocenters. The summed E-state index contributed by atoms with van der Waals surface area (Å²) in [5.41, 5.74) is 1.34. The summed E-state index contributed by atoms with van der Waals surface area (Å²) in [4.78, 5) is 26.9. The Morgan fingerprint density at radius 2 is 1.67 bits per heavy atom. The van der Waals surface area contributed by atoms with E-state index in [4.69, 9.17) is 11.6 Å². The van der Waals surface area contributed by atoms with Gasteiger partial charge in [-0.25, -0.2) is 9.78 Å². The molecule has 2 aromatic rings. The zero-order chi connectivity index (χ0) is 15.2. The predicted octanol–water partition coefficient (Wildman–Crippen LogP) is 3.17. The summed E-state index contributed by atoms with van der Waals surface area (Å²) < 4.78 is 4.48. The third-order valence-electron chi connectivity index (χ3n) is 2.52. The Kier molecular flexibility index (Phi) is 4.73. The van der Waals surface area contributed by atoms with E-state index in [1.165, 1.54) is 7.11 Å². The fraction of sp³-hybridized carbons (Fsp3) is 0.0714. The quantitative estimate of drug-likeness (QED) is 0.854. The van der Waals surface area contributed by atoms with Crippen LogP contribution in [0, 0.1) is 0 Å². The highest BCUT2D eigenvalue weighted by Crippen LogP contribution is 2.15. The van der Waals surface area contributed by atoms with Crippen LogP contribution < -0.4 is 10.6 Å². The number of hydrogen-bond acceptors (Lipinski definition) is 4. The van der Waals surface area contributed by atoms with Crippen molar-refractivity contribution in [3.8, 4) is 0 Å². The van der Waals surface area contributed by atoms with Gasteiger partial charge in [-0.1, -0.05) is 17.7 Å². The lowest BCUT2D eigenvalue weighted by molar-refractivity contribution is 0.102. The maximum atomic E-state index is 12.0. The Labute approximate surface area is 126 Å². The number of nitrogens with zero attached hydrogens (tertiary/aromatic N) is 1. The number of methoxy groups -OCH3 is 1. The van der Waals surface area contributed by atoms with Crippen molar-refractivity contribution < 1.29 is 14.3 Å². The van der Waals surface area contributed by atoms with Gasteiger partial charge in [0.1, 0.15) is 10.8 Å². The molecule has 1 aromatic carbocycles. The second kappa shape index (κ2) is 6.71. The Bertz CT molecular complexity index is 659. The molecule has 6 nitrogen and oxygen atoms in total. The Hall–Kier alpha value is -2.60. The molecule has 2 amide bonds. The summed E-state index contributed by atoms with van der Waals surface area (Å²) in [5.74, 6) is -0.369. The van der Waals surface area contributed by atoms with Gasteiger partial charge in [0.05, 0.1) is 7.11 Å². The smallest absolute Gasteiger partial charge is 0.411 e. The molecule has 0 fully saturated rings. The molecule has 0 aliphatic carbocycles. The van der Waals surface area contributed by atoms with Crippen LogP contribution >= 0.6 is 11.6 Å². The van der Waals surface area contributed by atoms with E-state index in [2.05, 4.69) is 20.4 Å². The van der Waals surface area contributed by atoms with Crippen LogP contribution in [0.3, 0.4) is 0 Å². The minimum absolute atomic E-state index is 0.222. The number of halogens is 1. The Morgan fingerprint density at radius 1 is 1.05 bits per heavy atom. The first-order valence-electron chi connectivity index (χ1n) is 5.97. The normalized spacial score (nSPS) is 9.81. The molecule has 0 aliphatic rings. The number of carbonyl (C=O) groups is 2. The molecule has 2 rings (SSSR count). The number of anilines is 2.